The van der Waals surface area contributed by atoms with Crippen molar-refractivity contribution in [2.75, 3.05) is 12.0 Å². The van der Waals surface area contributed by atoms with Crippen molar-refractivity contribution in [2.45, 2.75) is 36.8 Å². The number of nitrogen functional groups attached to an aromatic ring is 1. The van der Waals surface area contributed by atoms with Crippen LogP contribution in [0, 0.1) is 5.92 Å². The Morgan fingerprint density at radius 2 is 1.87 bits per heavy atom. The molecule has 0 radical (unpaired) electrons. The summed E-state index contributed by atoms with van der Waals surface area (Å²) in [4.78, 5) is 17.4. The smallest absolute Gasteiger partial charge is 0.383 e. The number of rotatable bonds is 5. The molecule has 31 heavy (non-hydrogen) atoms. The molecule has 0 amide bonds. The molecule has 7 nitrogen and oxygen atoms in total. The zero-order valence-corrected chi connectivity index (χ0v) is 18.5. The highest BCUT2D eigenvalue weighted by Gasteiger charge is 2.33. The van der Waals surface area contributed by atoms with Crippen LogP contribution in [-0.4, -0.2) is 27.8 Å². The van der Waals surface area contributed by atoms with E-state index in [-0.39, 0.29) is 39.0 Å². The van der Waals surface area contributed by atoms with Crippen molar-refractivity contribution in [2.24, 2.45) is 16.8 Å². The standard InChI is InChI=1S/C18H18Cl2F3N5O2S/c1-31-14-12(15(24)27-30-17(29)8-4-2-3-5-8)26-28(16(14)25)13-10(19)6-9(7-11(13)20)18(21,22)23/h6-8H,2-5,25H2,1H3,(H2,24,27). The van der Waals surface area contributed by atoms with Gasteiger partial charge in [-0.15, -0.1) is 11.8 Å². The van der Waals surface area contributed by atoms with E-state index in [1.807, 2.05) is 0 Å². The van der Waals surface area contributed by atoms with Crippen molar-refractivity contribution in [3.8, 4) is 5.69 Å². The minimum Gasteiger partial charge on any atom is -0.383 e. The number of carbonyl (C=O) groups excluding carboxylic acids is 1. The third kappa shape index (κ3) is 4.88. The zero-order valence-electron chi connectivity index (χ0n) is 16.2. The van der Waals surface area contributed by atoms with E-state index in [9.17, 15) is 18.0 Å². The number of hydrogen-bond donors (Lipinski definition) is 2. The van der Waals surface area contributed by atoms with Gasteiger partial charge in [-0.25, -0.2) is 9.48 Å². The van der Waals surface area contributed by atoms with Crippen molar-refractivity contribution < 1.29 is 22.8 Å². The Hall–Kier alpha value is -2.11. The fourth-order valence-corrected chi connectivity index (χ4v) is 4.54. The summed E-state index contributed by atoms with van der Waals surface area (Å²) >= 11 is 13.3. The lowest BCUT2D eigenvalue weighted by atomic mass is 10.1. The summed E-state index contributed by atoms with van der Waals surface area (Å²) in [5.74, 6) is -0.886. The first-order chi connectivity index (χ1) is 14.5. The number of benzene rings is 1. The van der Waals surface area contributed by atoms with Gasteiger partial charge in [-0.2, -0.15) is 18.3 Å². The van der Waals surface area contributed by atoms with Crippen molar-refractivity contribution in [3.05, 3.63) is 33.4 Å². The quantitative estimate of drug-likeness (QED) is 0.201. The molecule has 1 aliphatic carbocycles. The molecule has 0 aliphatic heterocycles. The Morgan fingerprint density at radius 3 is 2.39 bits per heavy atom. The number of halogens is 5. The first-order valence-corrected chi connectivity index (χ1v) is 11.1. The van der Waals surface area contributed by atoms with Gasteiger partial charge in [0.1, 0.15) is 17.2 Å². The van der Waals surface area contributed by atoms with Crippen LogP contribution in [0.5, 0.6) is 0 Å². The number of anilines is 1. The number of hydrogen-bond acceptors (Lipinski definition) is 6. The van der Waals surface area contributed by atoms with Crippen LogP contribution in [0.15, 0.2) is 22.2 Å². The number of thioether (sulfide) groups is 1. The van der Waals surface area contributed by atoms with E-state index < -0.39 is 17.7 Å². The number of nitrogens with zero attached hydrogens (tertiary/aromatic N) is 3. The molecule has 1 aliphatic rings. The van der Waals surface area contributed by atoms with Crippen LogP contribution in [0.2, 0.25) is 10.0 Å². The first-order valence-electron chi connectivity index (χ1n) is 9.08. The lowest BCUT2D eigenvalue weighted by Gasteiger charge is -2.13. The molecule has 0 saturated heterocycles. The molecule has 1 fully saturated rings. The molecule has 0 spiro atoms. The highest BCUT2D eigenvalue weighted by molar-refractivity contribution is 7.98. The number of nitrogens with two attached hydrogens (primary N) is 2. The second-order valence-corrected chi connectivity index (χ2v) is 8.46. The zero-order chi connectivity index (χ0) is 22.9. The van der Waals surface area contributed by atoms with Crippen molar-refractivity contribution in [3.63, 3.8) is 0 Å². The van der Waals surface area contributed by atoms with Crippen molar-refractivity contribution in [1.29, 1.82) is 0 Å². The van der Waals surface area contributed by atoms with Crippen LogP contribution in [0.1, 0.15) is 36.9 Å². The predicted octanol–water partition coefficient (Wildman–Crippen LogP) is 4.86. The van der Waals surface area contributed by atoms with Gasteiger partial charge in [0.2, 0.25) is 0 Å². The van der Waals surface area contributed by atoms with Crippen LogP contribution >= 0.6 is 35.0 Å². The molecule has 4 N–H and O–H groups in total. The normalized spacial score (nSPS) is 15.5. The van der Waals surface area contributed by atoms with Gasteiger partial charge in [0.25, 0.3) is 0 Å². The van der Waals surface area contributed by atoms with Gasteiger partial charge in [-0.1, -0.05) is 41.2 Å². The third-order valence-corrected chi connectivity index (χ3v) is 6.19. The first kappa shape index (κ1) is 23.6. The fourth-order valence-electron chi connectivity index (χ4n) is 3.26. The van der Waals surface area contributed by atoms with E-state index in [0.717, 1.165) is 42.5 Å². The largest absolute Gasteiger partial charge is 0.416 e. The van der Waals surface area contributed by atoms with Gasteiger partial charge in [0.15, 0.2) is 5.84 Å². The summed E-state index contributed by atoms with van der Waals surface area (Å²) in [7, 11) is 0. The van der Waals surface area contributed by atoms with Crippen LogP contribution in [0.3, 0.4) is 0 Å². The molecule has 1 aromatic carbocycles. The molecule has 3 rings (SSSR count). The van der Waals surface area contributed by atoms with Crippen LogP contribution in [-0.2, 0) is 15.8 Å². The van der Waals surface area contributed by atoms with Gasteiger partial charge < -0.3 is 16.3 Å². The average Bonchev–Trinajstić information content (AvgIpc) is 3.33. The molecule has 1 aromatic heterocycles. The SMILES string of the molecule is CSc1c(/C(N)=N/OC(=O)C2CCCC2)nn(-c2c(Cl)cc(C(F)(F)F)cc2Cl)c1N. The van der Waals surface area contributed by atoms with Crippen LogP contribution in [0.4, 0.5) is 19.0 Å². The number of alkyl halides is 3. The van der Waals surface area contributed by atoms with Gasteiger partial charge in [0.05, 0.1) is 26.4 Å². The van der Waals surface area contributed by atoms with Gasteiger partial charge in [0, 0.05) is 0 Å². The maximum Gasteiger partial charge on any atom is 0.416 e. The lowest BCUT2D eigenvalue weighted by Crippen LogP contribution is -2.19. The average molecular weight is 496 g/mol. The molecule has 2 aromatic rings. The van der Waals surface area contributed by atoms with E-state index >= 15 is 0 Å². The Bertz CT molecular complexity index is 1010. The summed E-state index contributed by atoms with van der Waals surface area (Å²) < 4.78 is 40.1. The number of oxime groups is 1. The topological polar surface area (TPSA) is 109 Å². The molecule has 0 bridgehead atoms. The second-order valence-electron chi connectivity index (χ2n) is 6.83. The second kappa shape index (κ2) is 9.17. The third-order valence-electron chi connectivity index (χ3n) is 4.80. The minimum absolute atomic E-state index is 0.0336. The maximum atomic E-state index is 13.0. The number of aromatic nitrogens is 2. The Balaban J connectivity index is 1.98. The van der Waals surface area contributed by atoms with Gasteiger partial charge in [-0.05, 0) is 31.2 Å². The van der Waals surface area contributed by atoms with E-state index in [1.165, 1.54) is 11.8 Å². The van der Waals surface area contributed by atoms with Gasteiger partial charge in [-0.3, -0.25) is 0 Å². The molecule has 13 heteroatoms. The van der Waals surface area contributed by atoms with E-state index in [2.05, 4.69) is 10.3 Å². The molecule has 1 saturated carbocycles. The molecule has 0 unspecified atom stereocenters. The molecular formula is C18H18Cl2F3N5O2S. The molecular weight excluding hydrogens is 478 g/mol. The molecule has 168 valence electrons. The monoisotopic (exact) mass is 495 g/mol. The minimum atomic E-state index is -4.63. The highest BCUT2D eigenvalue weighted by atomic mass is 35.5. The fraction of sp³-hybridized carbons (Fsp3) is 0.389. The Labute approximate surface area is 189 Å². The summed E-state index contributed by atoms with van der Waals surface area (Å²) in [6, 6.07) is 1.45. The summed E-state index contributed by atoms with van der Waals surface area (Å²) in [5.41, 5.74) is 11.1. The van der Waals surface area contributed by atoms with Crippen LogP contribution < -0.4 is 11.5 Å². The number of carbonyl (C=O) groups is 1. The maximum absolute atomic E-state index is 13.0. The Kier molecular flexibility index (Phi) is 6.97. The molecule has 1 heterocycles. The van der Waals surface area contributed by atoms with E-state index in [0.29, 0.717) is 4.90 Å². The van der Waals surface area contributed by atoms with E-state index in [4.69, 9.17) is 39.5 Å². The molecule has 0 atom stereocenters. The lowest BCUT2D eigenvalue weighted by molar-refractivity contribution is -0.148. The van der Waals surface area contributed by atoms with E-state index in [1.54, 1.807) is 6.26 Å². The van der Waals surface area contributed by atoms with Gasteiger partial charge >= 0.3 is 12.1 Å². The summed E-state index contributed by atoms with van der Waals surface area (Å²) in [5, 5.41) is 7.27. The highest BCUT2D eigenvalue weighted by Crippen LogP contribution is 2.39. The Morgan fingerprint density at radius 1 is 1.29 bits per heavy atom. The number of amidine groups is 1. The summed E-state index contributed by atoms with van der Waals surface area (Å²) in [6.45, 7) is 0. The van der Waals surface area contributed by atoms with Crippen molar-refractivity contribution in [1.82, 2.24) is 9.78 Å². The summed E-state index contributed by atoms with van der Waals surface area (Å²) in [6.07, 6.45) is 0.427. The van der Waals surface area contributed by atoms with Crippen molar-refractivity contribution >= 4 is 52.6 Å². The predicted molar refractivity (Wildman–Crippen MR) is 114 cm³/mol. The van der Waals surface area contributed by atoms with Crippen LogP contribution in [0.25, 0.3) is 5.69 Å².